The zero-order valence-electron chi connectivity index (χ0n) is 12.3. The smallest absolute Gasteiger partial charge is 0.146 e. The standard InChI is InChI=1S/C17H19ClFNO/c1-11(13-4-7-15(18)8-5-13)20(3)17-9-6-14(12(2)21)10-16(17)19/h4-12,21H,1-3H3/t11?,12-/m0/s1. The molecule has 0 fully saturated rings. The van der Waals surface area contributed by atoms with Crippen LogP contribution in [0.25, 0.3) is 0 Å². The number of hydrogen-bond donors (Lipinski definition) is 1. The molecule has 0 radical (unpaired) electrons. The molecule has 112 valence electrons. The highest BCUT2D eigenvalue weighted by molar-refractivity contribution is 6.30. The van der Waals surface area contributed by atoms with E-state index in [9.17, 15) is 9.50 Å². The van der Waals surface area contributed by atoms with E-state index in [4.69, 9.17) is 11.6 Å². The summed E-state index contributed by atoms with van der Waals surface area (Å²) in [6.07, 6.45) is -0.674. The van der Waals surface area contributed by atoms with Crippen molar-refractivity contribution in [2.75, 3.05) is 11.9 Å². The van der Waals surface area contributed by atoms with Crippen LogP contribution in [0.15, 0.2) is 42.5 Å². The Morgan fingerprint density at radius 3 is 2.14 bits per heavy atom. The Morgan fingerprint density at radius 1 is 1.05 bits per heavy atom. The molecule has 2 atom stereocenters. The van der Waals surface area contributed by atoms with E-state index in [0.717, 1.165) is 5.56 Å². The van der Waals surface area contributed by atoms with Gasteiger partial charge in [-0.15, -0.1) is 0 Å². The number of aliphatic hydroxyl groups is 1. The summed E-state index contributed by atoms with van der Waals surface area (Å²) in [4.78, 5) is 1.87. The maximum atomic E-state index is 14.2. The highest BCUT2D eigenvalue weighted by Crippen LogP contribution is 2.29. The van der Waals surface area contributed by atoms with Gasteiger partial charge in [-0.2, -0.15) is 0 Å². The van der Waals surface area contributed by atoms with Gasteiger partial charge in [-0.25, -0.2) is 4.39 Å². The number of hydrogen-bond acceptors (Lipinski definition) is 2. The minimum absolute atomic E-state index is 0.00849. The highest BCUT2D eigenvalue weighted by atomic mass is 35.5. The third-order valence-corrected chi connectivity index (χ3v) is 4.02. The van der Waals surface area contributed by atoms with Crippen molar-refractivity contribution >= 4 is 17.3 Å². The van der Waals surface area contributed by atoms with Gasteiger partial charge in [0.25, 0.3) is 0 Å². The third kappa shape index (κ3) is 3.55. The molecule has 0 saturated heterocycles. The summed E-state index contributed by atoms with van der Waals surface area (Å²) in [5.74, 6) is -0.336. The molecule has 0 spiro atoms. The van der Waals surface area contributed by atoms with Gasteiger partial charge in [0.2, 0.25) is 0 Å². The molecule has 0 aliphatic heterocycles. The van der Waals surface area contributed by atoms with Crippen LogP contribution in [-0.4, -0.2) is 12.2 Å². The van der Waals surface area contributed by atoms with Crippen LogP contribution in [-0.2, 0) is 0 Å². The van der Waals surface area contributed by atoms with Crippen LogP contribution in [0.5, 0.6) is 0 Å². The molecule has 0 amide bonds. The topological polar surface area (TPSA) is 23.5 Å². The lowest BCUT2D eigenvalue weighted by Gasteiger charge is -2.28. The van der Waals surface area contributed by atoms with Crippen LogP contribution >= 0.6 is 11.6 Å². The van der Waals surface area contributed by atoms with Crippen LogP contribution in [0.3, 0.4) is 0 Å². The first-order valence-corrected chi connectivity index (χ1v) is 7.23. The number of nitrogens with zero attached hydrogens (tertiary/aromatic N) is 1. The van der Waals surface area contributed by atoms with E-state index in [1.807, 2.05) is 43.1 Å². The van der Waals surface area contributed by atoms with E-state index < -0.39 is 6.10 Å². The van der Waals surface area contributed by atoms with Gasteiger partial charge in [-0.3, -0.25) is 0 Å². The molecular formula is C17H19ClFNO. The third-order valence-electron chi connectivity index (χ3n) is 3.77. The first kappa shape index (κ1) is 15.8. The second-order valence-electron chi connectivity index (χ2n) is 5.23. The van der Waals surface area contributed by atoms with Crippen LogP contribution < -0.4 is 4.90 Å². The van der Waals surface area contributed by atoms with Gasteiger partial charge in [0, 0.05) is 12.1 Å². The van der Waals surface area contributed by atoms with Gasteiger partial charge in [-0.05, 0) is 49.2 Å². The SMILES string of the molecule is CC(c1ccc(Cl)cc1)N(C)c1ccc([C@H](C)O)cc1F. The molecule has 1 N–H and O–H groups in total. The fraction of sp³-hybridized carbons (Fsp3) is 0.294. The van der Waals surface area contributed by atoms with Crippen LogP contribution in [0.2, 0.25) is 5.02 Å². The predicted molar refractivity (Wildman–Crippen MR) is 85.3 cm³/mol. The van der Waals surface area contributed by atoms with Crippen molar-refractivity contribution in [1.82, 2.24) is 0 Å². The number of aliphatic hydroxyl groups excluding tert-OH is 1. The molecule has 0 aromatic heterocycles. The van der Waals surface area contributed by atoms with E-state index in [2.05, 4.69) is 0 Å². The number of rotatable bonds is 4. The van der Waals surface area contributed by atoms with Gasteiger partial charge < -0.3 is 10.0 Å². The monoisotopic (exact) mass is 307 g/mol. The average Bonchev–Trinajstić information content (AvgIpc) is 2.46. The molecule has 1 unspecified atom stereocenters. The molecule has 4 heteroatoms. The van der Waals surface area contributed by atoms with Crippen molar-refractivity contribution in [1.29, 1.82) is 0 Å². The lowest BCUT2D eigenvalue weighted by atomic mass is 10.1. The predicted octanol–water partition coefficient (Wildman–Crippen LogP) is 4.73. The Kier molecular flexibility index (Phi) is 4.86. The summed E-state index contributed by atoms with van der Waals surface area (Å²) in [6.45, 7) is 3.62. The Morgan fingerprint density at radius 2 is 1.62 bits per heavy atom. The summed E-state index contributed by atoms with van der Waals surface area (Å²) in [6, 6.07) is 12.4. The van der Waals surface area contributed by atoms with E-state index >= 15 is 0 Å². The summed E-state index contributed by atoms with van der Waals surface area (Å²) < 4.78 is 14.2. The van der Waals surface area contributed by atoms with E-state index in [1.165, 1.54) is 6.07 Å². The molecular weight excluding hydrogens is 289 g/mol. The normalized spacial score (nSPS) is 13.8. The zero-order valence-corrected chi connectivity index (χ0v) is 13.1. The minimum atomic E-state index is -0.674. The van der Waals surface area contributed by atoms with Crippen LogP contribution in [0.4, 0.5) is 10.1 Å². The van der Waals surface area contributed by atoms with Crippen LogP contribution in [0, 0.1) is 5.82 Å². The maximum absolute atomic E-state index is 14.2. The first-order chi connectivity index (χ1) is 9.90. The Balaban J connectivity index is 2.26. The molecule has 0 heterocycles. The maximum Gasteiger partial charge on any atom is 0.146 e. The van der Waals surface area contributed by atoms with Crippen molar-refractivity contribution < 1.29 is 9.50 Å². The van der Waals surface area contributed by atoms with Crippen molar-refractivity contribution in [2.24, 2.45) is 0 Å². The highest BCUT2D eigenvalue weighted by Gasteiger charge is 2.16. The summed E-state index contributed by atoms with van der Waals surface area (Å²) >= 11 is 5.89. The lowest BCUT2D eigenvalue weighted by molar-refractivity contribution is 0.199. The van der Waals surface area contributed by atoms with Crippen LogP contribution in [0.1, 0.15) is 37.1 Å². The molecule has 0 saturated carbocycles. The zero-order chi connectivity index (χ0) is 15.6. The Labute approximate surface area is 129 Å². The summed E-state index contributed by atoms with van der Waals surface area (Å²) in [5, 5.41) is 10.2. The number of halogens is 2. The van der Waals surface area contributed by atoms with Crippen molar-refractivity contribution in [3.05, 3.63) is 64.4 Å². The quantitative estimate of drug-likeness (QED) is 0.882. The van der Waals surface area contributed by atoms with E-state index in [0.29, 0.717) is 16.3 Å². The van der Waals surface area contributed by atoms with Gasteiger partial charge in [0.1, 0.15) is 5.82 Å². The summed E-state index contributed by atoms with van der Waals surface area (Å²) in [7, 11) is 1.85. The van der Waals surface area contributed by atoms with E-state index in [-0.39, 0.29) is 11.9 Å². The Hall–Kier alpha value is -1.58. The molecule has 2 aromatic carbocycles. The average molecular weight is 308 g/mol. The molecule has 2 rings (SSSR count). The largest absolute Gasteiger partial charge is 0.389 e. The second-order valence-corrected chi connectivity index (χ2v) is 5.66. The minimum Gasteiger partial charge on any atom is -0.389 e. The van der Waals surface area contributed by atoms with Crippen molar-refractivity contribution in [3.8, 4) is 0 Å². The molecule has 0 bridgehead atoms. The fourth-order valence-electron chi connectivity index (χ4n) is 2.24. The molecule has 0 aliphatic carbocycles. The van der Waals surface area contributed by atoms with Gasteiger partial charge in [0.15, 0.2) is 0 Å². The molecule has 21 heavy (non-hydrogen) atoms. The molecule has 2 aromatic rings. The second kappa shape index (κ2) is 6.46. The van der Waals surface area contributed by atoms with Crippen molar-refractivity contribution in [3.63, 3.8) is 0 Å². The summed E-state index contributed by atoms with van der Waals surface area (Å²) in [5.41, 5.74) is 2.13. The molecule has 0 aliphatic rings. The van der Waals surface area contributed by atoms with Gasteiger partial charge in [-0.1, -0.05) is 29.8 Å². The molecule has 2 nitrogen and oxygen atoms in total. The lowest BCUT2D eigenvalue weighted by Crippen LogP contribution is -2.22. The van der Waals surface area contributed by atoms with Crippen molar-refractivity contribution in [2.45, 2.75) is 26.0 Å². The first-order valence-electron chi connectivity index (χ1n) is 6.86. The number of anilines is 1. The Bertz CT molecular complexity index is 613. The fourth-order valence-corrected chi connectivity index (χ4v) is 2.37. The van der Waals surface area contributed by atoms with Gasteiger partial charge in [0.05, 0.1) is 17.8 Å². The van der Waals surface area contributed by atoms with E-state index in [1.54, 1.807) is 19.1 Å². The number of benzene rings is 2. The van der Waals surface area contributed by atoms with Gasteiger partial charge >= 0.3 is 0 Å².